The summed E-state index contributed by atoms with van der Waals surface area (Å²) >= 11 is 0. The van der Waals surface area contributed by atoms with Crippen molar-refractivity contribution in [1.29, 1.82) is 0 Å². The van der Waals surface area contributed by atoms with Crippen molar-refractivity contribution in [2.75, 3.05) is 32.1 Å². The smallest absolute Gasteiger partial charge is 0.257 e. The summed E-state index contributed by atoms with van der Waals surface area (Å²) < 4.78 is 6.02. The minimum absolute atomic E-state index is 0.00488. The largest absolute Gasteiger partial charge is 0.470 e. The summed E-state index contributed by atoms with van der Waals surface area (Å²) in [7, 11) is 3.83. The van der Waals surface area contributed by atoms with Gasteiger partial charge in [0.1, 0.15) is 6.10 Å². The molecular weight excluding hydrogens is 280 g/mol. The minimum atomic E-state index is -0.00488. The van der Waals surface area contributed by atoms with Crippen molar-refractivity contribution in [3.8, 4) is 5.88 Å². The highest BCUT2D eigenvalue weighted by Gasteiger charge is 2.25. The maximum Gasteiger partial charge on any atom is 0.257 e. The summed E-state index contributed by atoms with van der Waals surface area (Å²) in [5, 5.41) is 0. The van der Waals surface area contributed by atoms with Gasteiger partial charge in [-0.1, -0.05) is 13.3 Å². The normalized spacial score (nSPS) is 18.1. The first-order valence-corrected chi connectivity index (χ1v) is 8.04. The number of unbranched alkanes of at least 4 members (excludes halogenated alkanes) is 1. The van der Waals surface area contributed by atoms with Crippen LogP contribution in [-0.4, -0.2) is 54.1 Å². The van der Waals surface area contributed by atoms with Gasteiger partial charge >= 0.3 is 0 Å². The van der Waals surface area contributed by atoms with Crippen LogP contribution in [0.3, 0.4) is 0 Å². The Balaban J connectivity index is 1.97. The van der Waals surface area contributed by atoms with Crippen LogP contribution in [0.15, 0.2) is 12.4 Å². The molecule has 1 unspecified atom stereocenters. The minimum Gasteiger partial charge on any atom is -0.470 e. The molecule has 0 aromatic carbocycles. The number of piperidine rings is 1. The van der Waals surface area contributed by atoms with Crippen LogP contribution >= 0.6 is 0 Å². The van der Waals surface area contributed by atoms with Gasteiger partial charge in [-0.3, -0.25) is 4.79 Å². The van der Waals surface area contributed by atoms with E-state index in [-0.39, 0.29) is 12.0 Å². The van der Waals surface area contributed by atoms with Crippen LogP contribution < -0.4 is 9.64 Å². The first-order valence-electron chi connectivity index (χ1n) is 8.04. The Kier molecular flexibility index (Phi) is 5.98. The zero-order chi connectivity index (χ0) is 15.9. The van der Waals surface area contributed by atoms with Crippen molar-refractivity contribution in [2.24, 2.45) is 0 Å². The summed E-state index contributed by atoms with van der Waals surface area (Å²) in [6, 6.07) is 0. The van der Waals surface area contributed by atoms with E-state index >= 15 is 0 Å². The zero-order valence-electron chi connectivity index (χ0n) is 13.8. The fourth-order valence-corrected chi connectivity index (χ4v) is 2.61. The van der Waals surface area contributed by atoms with E-state index in [1.807, 2.05) is 23.9 Å². The number of amides is 1. The van der Waals surface area contributed by atoms with E-state index in [0.29, 0.717) is 18.8 Å². The fourth-order valence-electron chi connectivity index (χ4n) is 2.61. The van der Waals surface area contributed by atoms with E-state index in [9.17, 15) is 4.79 Å². The lowest BCUT2D eigenvalue weighted by molar-refractivity contribution is -0.133. The summed E-state index contributed by atoms with van der Waals surface area (Å²) in [6.07, 6.45) is 7.84. The monoisotopic (exact) mass is 306 g/mol. The van der Waals surface area contributed by atoms with Crippen molar-refractivity contribution >= 4 is 11.7 Å². The lowest BCUT2D eigenvalue weighted by Crippen LogP contribution is -2.44. The number of hydrogen-bond donors (Lipinski definition) is 0. The number of nitrogens with zero attached hydrogens (tertiary/aromatic N) is 4. The quantitative estimate of drug-likeness (QED) is 0.805. The Morgan fingerprint density at radius 2 is 2.18 bits per heavy atom. The van der Waals surface area contributed by atoms with Gasteiger partial charge in [-0.25, -0.2) is 9.97 Å². The molecule has 1 atom stereocenters. The fraction of sp³-hybridized carbons (Fsp3) is 0.688. The van der Waals surface area contributed by atoms with Crippen molar-refractivity contribution in [1.82, 2.24) is 14.9 Å². The van der Waals surface area contributed by atoms with Crippen molar-refractivity contribution in [2.45, 2.75) is 45.1 Å². The molecule has 1 fully saturated rings. The van der Waals surface area contributed by atoms with Crippen LogP contribution in [-0.2, 0) is 4.79 Å². The second kappa shape index (κ2) is 7.96. The van der Waals surface area contributed by atoms with Crippen molar-refractivity contribution in [3.63, 3.8) is 0 Å². The summed E-state index contributed by atoms with van der Waals surface area (Å²) in [5.74, 6) is 1.50. The van der Waals surface area contributed by atoms with E-state index in [4.69, 9.17) is 4.74 Å². The van der Waals surface area contributed by atoms with Crippen LogP contribution in [0, 0.1) is 0 Å². The molecular formula is C16H26N4O2. The number of ether oxygens (including phenoxy) is 1. The van der Waals surface area contributed by atoms with Gasteiger partial charge in [-0.15, -0.1) is 0 Å². The van der Waals surface area contributed by atoms with E-state index in [1.54, 1.807) is 12.4 Å². The molecule has 1 aliphatic rings. The van der Waals surface area contributed by atoms with Crippen LogP contribution in [0.25, 0.3) is 0 Å². The van der Waals surface area contributed by atoms with E-state index in [1.165, 1.54) is 0 Å². The Bertz CT molecular complexity index is 493. The van der Waals surface area contributed by atoms with Gasteiger partial charge in [-0.05, 0) is 19.3 Å². The molecule has 1 aromatic rings. The second-order valence-electron chi connectivity index (χ2n) is 5.90. The molecule has 122 valence electrons. The highest BCUT2D eigenvalue weighted by atomic mass is 16.5. The van der Waals surface area contributed by atoms with Gasteiger partial charge < -0.3 is 14.5 Å². The van der Waals surface area contributed by atoms with Gasteiger partial charge in [-0.2, -0.15) is 0 Å². The third kappa shape index (κ3) is 4.32. The molecule has 1 amide bonds. The number of likely N-dealkylation sites (tertiary alicyclic amines) is 1. The molecule has 6 heteroatoms. The molecule has 0 aliphatic carbocycles. The molecule has 0 spiro atoms. The first-order chi connectivity index (χ1) is 10.6. The van der Waals surface area contributed by atoms with Gasteiger partial charge in [0.25, 0.3) is 5.88 Å². The molecule has 0 bridgehead atoms. The summed E-state index contributed by atoms with van der Waals surface area (Å²) in [4.78, 5) is 24.6. The third-order valence-electron chi connectivity index (χ3n) is 3.82. The van der Waals surface area contributed by atoms with Crippen LogP contribution in [0.4, 0.5) is 5.82 Å². The number of hydrogen-bond acceptors (Lipinski definition) is 5. The van der Waals surface area contributed by atoms with Gasteiger partial charge in [0.05, 0.1) is 6.54 Å². The van der Waals surface area contributed by atoms with Gasteiger partial charge in [0.2, 0.25) is 5.91 Å². The predicted octanol–water partition coefficient (Wildman–Crippen LogP) is 2.10. The van der Waals surface area contributed by atoms with E-state index < -0.39 is 0 Å². The molecule has 2 rings (SSSR count). The maximum atomic E-state index is 12.2. The molecule has 1 aliphatic heterocycles. The summed E-state index contributed by atoms with van der Waals surface area (Å²) in [5.41, 5.74) is 0. The predicted molar refractivity (Wildman–Crippen MR) is 86.1 cm³/mol. The number of aromatic nitrogens is 2. The topological polar surface area (TPSA) is 58.6 Å². The Labute approximate surface area is 132 Å². The van der Waals surface area contributed by atoms with Gasteiger partial charge in [0, 0.05) is 39.5 Å². The first kappa shape index (κ1) is 16.5. The number of anilines is 1. The standard InChI is InChI=1S/C16H26N4O2/c1-4-5-8-14(21)20-11-6-7-13(12-20)22-16-15(19(2)3)17-9-10-18-16/h9-10,13H,4-8,11-12H2,1-3H3. The van der Waals surface area contributed by atoms with E-state index in [0.717, 1.165) is 38.0 Å². The van der Waals surface area contributed by atoms with Crippen LogP contribution in [0.1, 0.15) is 39.0 Å². The third-order valence-corrected chi connectivity index (χ3v) is 3.82. The zero-order valence-corrected chi connectivity index (χ0v) is 13.8. The molecule has 2 heterocycles. The summed E-state index contributed by atoms with van der Waals surface area (Å²) in [6.45, 7) is 3.58. The maximum absolute atomic E-state index is 12.2. The Morgan fingerprint density at radius 1 is 1.41 bits per heavy atom. The number of carbonyl (C=O) groups is 1. The second-order valence-corrected chi connectivity index (χ2v) is 5.90. The van der Waals surface area contributed by atoms with Crippen LogP contribution in [0.2, 0.25) is 0 Å². The highest BCUT2D eigenvalue weighted by Crippen LogP contribution is 2.24. The molecule has 0 saturated carbocycles. The molecule has 22 heavy (non-hydrogen) atoms. The lowest BCUT2D eigenvalue weighted by Gasteiger charge is -2.33. The van der Waals surface area contributed by atoms with Crippen molar-refractivity contribution in [3.05, 3.63) is 12.4 Å². The highest BCUT2D eigenvalue weighted by molar-refractivity contribution is 5.76. The van der Waals surface area contributed by atoms with Crippen molar-refractivity contribution < 1.29 is 9.53 Å². The Hall–Kier alpha value is -1.85. The number of carbonyl (C=O) groups excluding carboxylic acids is 1. The Morgan fingerprint density at radius 3 is 2.91 bits per heavy atom. The molecule has 6 nitrogen and oxygen atoms in total. The lowest BCUT2D eigenvalue weighted by atomic mass is 10.1. The SMILES string of the molecule is CCCCC(=O)N1CCCC(Oc2nccnc2N(C)C)C1. The molecule has 1 aromatic heterocycles. The van der Waals surface area contributed by atoms with Gasteiger partial charge in [0.15, 0.2) is 5.82 Å². The average molecular weight is 306 g/mol. The molecule has 0 N–H and O–H groups in total. The van der Waals surface area contributed by atoms with Crippen LogP contribution in [0.5, 0.6) is 5.88 Å². The van der Waals surface area contributed by atoms with E-state index in [2.05, 4.69) is 16.9 Å². The average Bonchev–Trinajstić information content (AvgIpc) is 2.53. The molecule has 1 saturated heterocycles. The molecule has 0 radical (unpaired) electrons. The number of rotatable bonds is 6.